The molecule has 2 rings (SSSR count). The first kappa shape index (κ1) is 15.4. The van der Waals surface area contributed by atoms with Crippen LogP contribution in [0, 0.1) is 0 Å². The van der Waals surface area contributed by atoms with Gasteiger partial charge in [0.25, 0.3) is 0 Å². The Morgan fingerprint density at radius 2 is 1.95 bits per heavy atom. The molecule has 1 atom stereocenters. The van der Waals surface area contributed by atoms with E-state index >= 15 is 0 Å². The quantitative estimate of drug-likeness (QED) is 0.780. The minimum absolute atomic E-state index is 0.112. The number of alkyl halides is 3. The van der Waals surface area contributed by atoms with Gasteiger partial charge in [0.1, 0.15) is 0 Å². The van der Waals surface area contributed by atoms with Gasteiger partial charge in [0.05, 0.1) is 0 Å². The van der Waals surface area contributed by atoms with E-state index in [1.165, 1.54) is 12.0 Å². The van der Waals surface area contributed by atoms with E-state index in [0.717, 1.165) is 18.4 Å². The van der Waals surface area contributed by atoms with Crippen molar-refractivity contribution in [3.63, 3.8) is 0 Å². The Hall–Kier alpha value is -1.03. The zero-order chi connectivity index (χ0) is 14.6. The van der Waals surface area contributed by atoms with Crippen molar-refractivity contribution in [1.29, 1.82) is 0 Å². The molecule has 0 radical (unpaired) electrons. The van der Waals surface area contributed by atoms with Crippen LogP contribution in [0.15, 0.2) is 24.3 Å². The zero-order valence-electron chi connectivity index (χ0n) is 11.8. The van der Waals surface area contributed by atoms with Crippen LogP contribution in [0.25, 0.3) is 0 Å². The molecule has 0 aromatic heterocycles. The van der Waals surface area contributed by atoms with Crippen LogP contribution in [0.2, 0.25) is 0 Å². The van der Waals surface area contributed by atoms with Crippen molar-refractivity contribution in [2.45, 2.75) is 57.2 Å². The maximum Gasteiger partial charge on any atom is 0.389 e. The smallest absolute Gasteiger partial charge is 0.310 e. The van der Waals surface area contributed by atoms with Gasteiger partial charge in [0.15, 0.2) is 0 Å². The van der Waals surface area contributed by atoms with E-state index in [1.807, 2.05) is 25.1 Å². The fourth-order valence-electron chi connectivity index (χ4n) is 2.84. The summed E-state index contributed by atoms with van der Waals surface area (Å²) in [4.78, 5) is 0. The van der Waals surface area contributed by atoms with Gasteiger partial charge in [0.2, 0.25) is 0 Å². The molecule has 112 valence electrons. The molecule has 0 heterocycles. The summed E-state index contributed by atoms with van der Waals surface area (Å²) >= 11 is 0. The van der Waals surface area contributed by atoms with Crippen LogP contribution >= 0.6 is 0 Å². The van der Waals surface area contributed by atoms with Gasteiger partial charge in [0, 0.05) is 12.5 Å². The summed E-state index contributed by atoms with van der Waals surface area (Å²) in [5.74, 6) is 0.540. The fourth-order valence-corrected chi connectivity index (χ4v) is 2.84. The van der Waals surface area contributed by atoms with Crippen LogP contribution in [-0.4, -0.2) is 12.7 Å². The second-order valence-electron chi connectivity index (χ2n) is 5.52. The van der Waals surface area contributed by atoms with E-state index in [9.17, 15) is 13.2 Å². The van der Waals surface area contributed by atoms with Crippen molar-refractivity contribution in [2.24, 2.45) is 0 Å². The minimum atomic E-state index is -4.08. The van der Waals surface area contributed by atoms with Gasteiger partial charge < -0.3 is 5.32 Å². The first-order valence-electron chi connectivity index (χ1n) is 7.40. The molecular weight excluding hydrogens is 263 g/mol. The Labute approximate surface area is 118 Å². The SMILES string of the molecule is CCNC(CCC(F)(F)F)c1ccccc1C1CCC1. The molecule has 1 aliphatic rings. The molecule has 1 aliphatic carbocycles. The van der Waals surface area contributed by atoms with Crippen LogP contribution in [0.1, 0.15) is 62.1 Å². The Morgan fingerprint density at radius 3 is 2.50 bits per heavy atom. The zero-order valence-corrected chi connectivity index (χ0v) is 11.8. The lowest BCUT2D eigenvalue weighted by molar-refractivity contribution is -0.136. The number of benzene rings is 1. The maximum atomic E-state index is 12.5. The van der Waals surface area contributed by atoms with Gasteiger partial charge in [-0.1, -0.05) is 37.6 Å². The fraction of sp³-hybridized carbons (Fsp3) is 0.625. The summed E-state index contributed by atoms with van der Waals surface area (Å²) in [5, 5.41) is 3.21. The Kier molecular flexibility index (Phi) is 5.08. The molecule has 0 saturated heterocycles. The average molecular weight is 285 g/mol. The van der Waals surface area contributed by atoms with Gasteiger partial charge in [-0.15, -0.1) is 0 Å². The van der Waals surface area contributed by atoms with Crippen molar-refractivity contribution in [3.05, 3.63) is 35.4 Å². The topological polar surface area (TPSA) is 12.0 Å². The molecule has 4 heteroatoms. The summed E-state index contributed by atoms with van der Waals surface area (Å²) in [6, 6.07) is 7.78. The van der Waals surface area contributed by atoms with Crippen LogP contribution in [0.3, 0.4) is 0 Å². The first-order valence-corrected chi connectivity index (χ1v) is 7.40. The standard InChI is InChI=1S/C16H22F3N/c1-2-20-15(10-11-16(17,18)19)14-9-4-3-8-13(14)12-6-5-7-12/h3-4,8-9,12,15,20H,2,5-7,10-11H2,1H3. The third kappa shape index (κ3) is 3.98. The van der Waals surface area contributed by atoms with Crippen molar-refractivity contribution in [3.8, 4) is 0 Å². The Morgan fingerprint density at radius 1 is 1.25 bits per heavy atom. The Balaban J connectivity index is 2.15. The molecule has 1 nitrogen and oxygen atoms in total. The second kappa shape index (κ2) is 6.61. The molecule has 1 fully saturated rings. The Bertz CT molecular complexity index is 424. The minimum Gasteiger partial charge on any atom is -0.310 e. The molecule has 1 aromatic carbocycles. The van der Waals surface area contributed by atoms with Crippen molar-refractivity contribution in [1.82, 2.24) is 5.32 Å². The largest absolute Gasteiger partial charge is 0.389 e. The summed E-state index contributed by atoms with van der Waals surface area (Å²) in [6.45, 7) is 2.62. The summed E-state index contributed by atoms with van der Waals surface area (Å²) in [5.41, 5.74) is 2.30. The monoisotopic (exact) mass is 285 g/mol. The van der Waals surface area contributed by atoms with Crippen molar-refractivity contribution in [2.75, 3.05) is 6.54 Å². The number of halogens is 3. The highest BCUT2D eigenvalue weighted by Gasteiger charge is 2.30. The summed E-state index contributed by atoms with van der Waals surface area (Å²) in [7, 11) is 0. The lowest BCUT2D eigenvalue weighted by Crippen LogP contribution is -2.25. The molecule has 0 bridgehead atoms. The molecule has 20 heavy (non-hydrogen) atoms. The van der Waals surface area contributed by atoms with Crippen molar-refractivity contribution >= 4 is 0 Å². The third-order valence-electron chi connectivity index (χ3n) is 4.08. The van der Waals surface area contributed by atoms with Crippen LogP contribution in [0.4, 0.5) is 13.2 Å². The van der Waals surface area contributed by atoms with Gasteiger partial charge in [-0.25, -0.2) is 0 Å². The van der Waals surface area contributed by atoms with Gasteiger partial charge >= 0.3 is 6.18 Å². The first-order chi connectivity index (χ1) is 9.51. The lowest BCUT2D eigenvalue weighted by Gasteiger charge is -2.31. The van der Waals surface area contributed by atoms with E-state index in [1.54, 1.807) is 0 Å². The third-order valence-corrected chi connectivity index (χ3v) is 4.08. The highest BCUT2D eigenvalue weighted by Crippen LogP contribution is 2.40. The molecule has 0 spiro atoms. The molecule has 1 saturated carbocycles. The van der Waals surface area contributed by atoms with Crippen molar-refractivity contribution < 1.29 is 13.2 Å². The van der Waals surface area contributed by atoms with E-state index in [-0.39, 0.29) is 12.5 Å². The van der Waals surface area contributed by atoms with E-state index < -0.39 is 12.6 Å². The van der Waals surface area contributed by atoms with Crippen LogP contribution < -0.4 is 5.32 Å². The molecule has 0 aliphatic heterocycles. The number of hydrogen-bond acceptors (Lipinski definition) is 1. The normalized spacial score (nSPS) is 17.8. The van der Waals surface area contributed by atoms with Crippen LogP contribution in [-0.2, 0) is 0 Å². The highest BCUT2D eigenvalue weighted by atomic mass is 19.4. The molecule has 0 amide bonds. The van der Waals surface area contributed by atoms with E-state index in [0.29, 0.717) is 12.5 Å². The van der Waals surface area contributed by atoms with E-state index in [4.69, 9.17) is 0 Å². The maximum absolute atomic E-state index is 12.5. The predicted molar refractivity (Wildman–Crippen MR) is 74.7 cm³/mol. The molecule has 1 aromatic rings. The van der Waals surface area contributed by atoms with Gasteiger partial charge in [-0.3, -0.25) is 0 Å². The number of nitrogens with one attached hydrogen (secondary N) is 1. The molecule has 1 N–H and O–H groups in total. The average Bonchev–Trinajstić information content (AvgIpc) is 2.32. The highest BCUT2D eigenvalue weighted by molar-refractivity contribution is 5.34. The van der Waals surface area contributed by atoms with Crippen LogP contribution in [0.5, 0.6) is 0 Å². The number of rotatable bonds is 6. The summed E-state index contributed by atoms with van der Waals surface area (Å²) < 4.78 is 37.4. The van der Waals surface area contributed by atoms with Gasteiger partial charge in [-0.05, 0) is 42.9 Å². The van der Waals surface area contributed by atoms with E-state index in [2.05, 4.69) is 11.4 Å². The lowest BCUT2D eigenvalue weighted by atomic mass is 9.77. The summed E-state index contributed by atoms with van der Waals surface area (Å²) in [6.07, 6.45) is -1.15. The second-order valence-corrected chi connectivity index (χ2v) is 5.52. The molecular formula is C16H22F3N. The van der Waals surface area contributed by atoms with Gasteiger partial charge in [-0.2, -0.15) is 13.2 Å². The molecule has 1 unspecified atom stereocenters. The number of hydrogen-bond donors (Lipinski definition) is 1. The predicted octanol–water partition coefficient (Wildman–Crippen LogP) is 4.95.